The fourth-order valence-electron chi connectivity index (χ4n) is 1.58. The van der Waals surface area contributed by atoms with Gasteiger partial charge in [0.2, 0.25) is 0 Å². The Morgan fingerprint density at radius 3 is 1.17 bits per heavy atom. The molecule has 0 amide bonds. The Labute approximate surface area is 183 Å². The van der Waals surface area contributed by atoms with E-state index in [1.54, 1.807) is 12.2 Å². The molecule has 0 atom stereocenters. The average molecular weight is 456 g/mol. The summed E-state index contributed by atoms with van der Waals surface area (Å²) in [5.74, 6) is 0. The van der Waals surface area contributed by atoms with Gasteiger partial charge in [-0.1, -0.05) is 34.4 Å². The van der Waals surface area contributed by atoms with Gasteiger partial charge in [0.05, 0.1) is 0 Å². The molecule has 1 radical (unpaired) electrons. The second-order valence-electron chi connectivity index (χ2n) is 5.94. The molecule has 0 aromatic heterocycles. The molecular formula is C20H32EuO2. The fraction of sp³-hybridized carbons (Fsp3) is 0.500. The molecule has 0 aromatic carbocycles. The topological polar surface area (TPSA) is 34.1 Å². The second-order valence-corrected chi connectivity index (χ2v) is 5.94. The molecule has 0 unspecified atom stereocenters. The molecule has 0 fully saturated rings. The first-order chi connectivity index (χ1) is 10.3. The number of hydrogen-bond acceptors (Lipinski definition) is 2. The molecule has 0 saturated heterocycles. The van der Waals surface area contributed by atoms with E-state index in [1.165, 1.54) is 11.1 Å². The SMILES string of the molecule is CC(C)=CCC/C(C)=C\C=O.CC(C)=CCC/C(C)=C\C=O.[Eu]. The van der Waals surface area contributed by atoms with E-state index in [0.29, 0.717) is 0 Å². The Balaban J connectivity index is -0.000000333. The molecule has 0 heterocycles. The van der Waals surface area contributed by atoms with Crippen LogP contribution in [0.3, 0.4) is 0 Å². The maximum absolute atomic E-state index is 10.0. The van der Waals surface area contributed by atoms with E-state index in [2.05, 4.69) is 39.8 Å². The quantitative estimate of drug-likeness (QED) is 0.265. The van der Waals surface area contributed by atoms with Gasteiger partial charge in [-0.3, -0.25) is 9.59 Å². The summed E-state index contributed by atoms with van der Waals surface area (Å²) >= 11 is 0. The van der Waals surface area contributed by atoms with Gasteiger partial charge in [0, 0.05) is 49.4 Å². The van der Waals surface area contributed by atoms with Crippen molar-refractivity contribution in [2.45, 2.75) is 67.2 Å². The van der Waals surface area contributed by atoms with Gasteiger partial charge in [0.25, 0.3) is 0 Å². The predicted octanol–water partition coefficient (Wildman–Crippen LogP) is 5.76. The largest absolute Gasteiger partial charge is 0.299 e. The van der Waals surface area contributed by atoms with E-state index in [9.17, 15) is 9.59 Å². The Bertz CT molecular complexity index is 391. The van der Waals surface area contributed by atoms with Crippen molar-refractivity contribution in [3.05, 3.63) is 46.6 Å². The summed E-state index contributed by atoms with van der Waals surface area (Å²) in [6, 6.07) is 0. The summed E-state index contributed by atoms with van der Waals surface area (Å²) in [5, 5.41) is 0. The molecule has 0 spiro atoms. The molecule has 0 aliphatic rings. The van der Waals surface area contributed by atoms with Gasteiger partial charge in [-0.15, -0.1) is 0 Å². The third-order valence-corrected chi connectivity index (χ3v) is 2.89. The summed E-state index contributed by atoms with van der Waals surface area (Å²) < 4.78 is 0. The van der Waals surface area contributed by atoms with Crippen LogP contribution < -0.4 is 0 Å². The molecule has 0 aromatic rings. The summed E-state index contributed by atoms with van der Waals surface area (Å²) in [4.78, 5) is 20.0. The zero-order valence-electron chi connectivity index (χ0n) is 15.5. The predicted molar refractivity (Wildman–Crippen MR) is 97.0 cm³/mol. The number of aldehydes is 2. The first-order valence-electron chi connectivity index (χ1n) is 7.82. The molecule has 2 nitrogen and oxygen atoms in total. The van der Waals surface area contributed by atoms with Gasteiger partial charge in [-0.2, -0.15) is 0 Å². The standard InChI is InChI=1S/2C10H16O.Eu/c2*1-9(2)5-4-6-10(3)7-8-11;/h2*5,7-8H,4,6H2,1-3H3;/b2*10-7-;. The zero-order chi connectivity index (χ0) is 17.4. The minimum atomic E-state index is 0. The third kappa shape index (κ3) is 27.1. The second kappa shape index (κ2) is 19.9. The molecule has 0 N–H and O–H groups in total. The van der Waals surface area contributed by atoms with Crippen LogP contribution in [0.4, 0.5) is 0 Å². The summed E-state index contributed by atoms with van der Waals surface area (Å²) in [7, 11) is 0. The van der Waals surface area contributed by atoms with E-state index < -0.39 is 0 Å². The minimum absolute atomic E-state index is 0. The van der Waals surface area contributed by atoms with Gasteiger partial charge in [0.1, 0.15) is 12.6 Å². The van der Waals surface area contributed by atoms with Crippen LogP contribution in [-0.2, 0) is 9.59 Å². The van der Waals surface area contributed by atoms with Crippen LogP contribution in [0, 0.1) is 49.4 Å². The Morgan fingerprint density at radius 2 is 0.957 bits per heavy atom. The van der Waals surface area contributed by atoms with Gasteiger partial charge < -0.3 is 0 Å². The summed E-state index contributed by atoms with van der Waals surface area (Å²) in [6.07, 6.45) is 13.4. The molecule has 0 aliphatic carbocycles. The Hall–Kier alpha value is -0.116. The van der Waals surface area contributed by atoms with Crippen molar-refractivity contribution in [1.29, 1.82) is 0 Å². The van der Waals surface area contributed by atoms with Crippen LogP contribution in [0.15, 0.2) is 46.6 Å². The molecule has 23 heavy (non-hydrogen) atoms. The molecule has 0 bridgehead atoms. The van der Waals surface area contributed by atoms with Crippen molar-refractivity contribution in [3.63, 3.8) is 0 Å². The molecule has 3 heteroatoms. The number of rotatable bonds is 8. The van der Waals surface area contributed by atoms with Crippen molar-refractivity contribution in [3.8, 4) is 0 Å². The van der Waals surface area contributed by atoms with Crippen LogP contribution in [0.5, 0.6) is 0 Å². The van der Waals surface area contributed by atoms with Gasteiger partial charge >= 0.3 is 0 Å². The van der Waals surface area contributed by atoms with Crippen LogP contribution in [0.2, 0.25) is 0 Å². The van der Waals surface area contributed by atoms with Gasteiger partial charge in [0.15, 0.2) is 0 Å². The van der Waals surface area contributed by atoms with Crippen molar-refractivity contribution in [2.24, 2.45) is 0 Å². The summed E-state index contributed by atoms with van der Waals surface area (Å²) in [5.41, 5.74) is 4.97. The van der Waals surface area contributed by atoms with Gasteiger partial charge in [-0.05, 0) is 79.4 Å². The van der Waals surface area contributed by atoms with Crippen molar-refractivity contribution in [2.75, 3.05) is 0 Å². The van der Waals surface area contributed by atoms with Crippen LogP contribution in [0.25, 0.3) is 0 Å². The Kier molecular flexibility index (Phi) is 24.0. The maximum atomic E-state index is 10.0. The van der Waals surface area contributed by atoms with Crippen LogP contribution >= 0.6 is 0 Å². The zero-order valence-corrected chi connectivity index (χ0v) is 17.9. The van der Waals surface area contributed by atoms with Crippen molar-refractivity contribution >= 4 is 12.6 Å². The minimum Gasteiger partial charge on any atom is -0.299 e. The van der Waals surface area contributed by atoms with Crippen LogP contribution in [0.1, 0.15) is 67.2 Å². The summed E-state index contributed by atoms with van der Waals surface area (Å²) in [6.45, 7) is 12.3. The van der Waals surface area contributed by atoms with Crippen molar-refractivity contribution < 1.29 is 59.0 Å². The maximum Gasteiger partial charge on any atom is 0.142 e. The average Bonchev–Trinajstić information content (AvgIpc) is 2.39. The van der Waals surface area contributed by atoms with E-state index >= 15 is 0 Å². The molecular weight excluding hydrogens is 424 g/mol. The molecule has 0 rings (SSSR count). The smallest absolute Gasteiger partial charge is 0.142 e. The first-order valence-corrected chi connectivity index (χ1v) is 7.82. The molecule has 0 aliphatic heterocycles. The molecule has 131 valence electrons. The van der Waals surface area contributed by atoms with Crippen molar-refractivity contribution in [1.82, 2.24) is 0 Å². The number of allylic oxidation sites excluding steroid dienone is 8. The van der Waals surface area contributed by atoms with E-state index in [1.807, 2.05) is 13.8 Å². The number of carbonyl (C=O) groups excluding carboxylic acids is 2. The van der Waals surface area contributed by atoms with Gasteiger partial charge in [-0.25, -0.2) is 0 Å². The van der Waals surface area contributed by atoms with Crippen LogP contribution in [-0.4, -0.2) is 12.6 Å². The Morgan fingerprint density at radius 1 is 0.652 bits per heavy atom. The first kappa shape index (κ1) is 27.7. The van der Waals surface area contributed by atoms with E-state index in [0.717, 1.165) is 49.4 Å². The third-order valence-electron chi connectivity index (χ3n) is 2.89. The monoisotopic (exact) mass is 457 g/mol. The fourth-order valence-corrected chi connectivity index (χ4v) is 1.58. The number of carbonyl (C=O) groups is 2. The number of hydrogen-bond donors (Lipinski definition) is 0. The van der Waals surface area contributed by atoms with E-state index in [4.69, 9.17) is 0 Å². The molecule has 0 saturated carbocycles. The van der Waals surface area contributed by atoms with E-state index in [-0.39, 0.29) is 49.4 Å². The normalized spacial score (nSPS) is 10.5.